The van der Waals surface area contributed by atoms with Crippen molar-refractivity contribution in [3.63, 3.8) is 0 Å². The minimum Gasteiger partial charge on any atom is -0.305 e. The first-order valence-corrected chi connectivity index (χ1v) is 2.39. The Kier molecular flexibility index (Phi) is 3.83. The molecule has 0 bridgehead atoms. The Morgan fingerprint density at radius 3 is 2.75 bits per heavy atom. The molecule has 1 unspecified atom stereocenters. The molecule has 0 saturated carbocycles. The third-order valence-electron chi connectivity index (χ3n) is 1.03. The van der Waals surface area contributed by atoms with Crippen LogP contribution in [0.5, 0.6) is 0 Å². The molecule has 0 aromatic rings. The summed E-state index contributed by atoms with van der Waals surface area (Å²) in [6.07, 6.45) is 3.78. The molecular weight excluding hydrogens is 129 g/mol. The minimum atomic E-state index is -0.281. The van der Waals surface area contributed by atoms with Crippen molar-refractivity contribution >= 4 is 12.4 Å². The van der Waals surface area contributed by atoms with Gasteiger partial charge in [-0.05, 0) is 0 Å². The van der Waals surface area contributed by atoms with Crippen LogP contribution < -0.4 is 5.32 Å². The lowest BCUT2D eigenvalue weighted by Crippen LogP contribution is -2.23. The van der Waals surface area contributed by atoms with Crippen molar-refractivity contribution in [1.82, 2.24) is 5.32 Å². The molecular formula is C5H9ClFN. The smallest absolute Gasteiger partial charge is 0.108 e. The zero-order valence-electron chi connectivity index (χ0n) is 4.43. The minimum absolute atomic E-state index is 0. The molecule has 0 aromatic carbocycles. The van der Waals surface area contributed by atoms with Crippen LogP contribution >= 0.6 is 12.4 Å². The van der Waals surface area contributed by atoms with Gasteiger partial charge in [-0.2, -0.15) is 0 Å². The fraction of sp³-hybridized carbons (Fsp3) is 0.600. The summed E-state index contributed by atoms with van der Waals surface area (Å²) in [5, 5.41) is 2.92. The van der Waals surface area contributed by atoms with Gasteiger partial charge in [-0.25, -0.2) is 4.39 Å². The quantitative estimate of drug-likeness (QED) is 0.530. The average molecular weight is 138 g/mol. The van der Waals surface area contributed by atoms with Crippen molar-refractivity contribution in [3.05, 3.63) is 12.2 Å². The van der Waals surface area contributed by atoms with Crippen LogP contribution in [-0.4, -0.2) is 19.3 Å². The Labute approximate surface area is 54.4 Å². The predicted octanol–water partition coefficient (Wildman–Crippen LogP) is 0.906. The van der Waals surface area contributed by atoms with E-state index in [4.69, 9.17) is 0 Å². The van der Waals surface area contributed by atoms with Crippen LogP contribution in [0.2, 0.25) is 0 Å². The van der Waals surface area contributed by atoms with E-state index < -0.39 is 0 Å². The van der Waals surface area contributed by atoms with Crippen LogP contribution in [0.25, 0.3) is 0 Å². The number of halogens is 2. The molecule has 1 atom stereocenters. The summed E-state index contributed by atoms with van der Waals surface area (Å²) >= 11 is 0. The van der Waals surface area contributed by atoms with E-state index in [0.717, 1.165) is 6.54 Å². The zero-order chi connectivity index (χ0) is 5.11. The molecule has 0 fully saturated rings. The summed E-state index contributed by atoms with van der Waals surface area (Å²) in [7, 11) is 0. The third-order valence-corrected chi connectivity index (χ3v) is 1.03. The van der Waals surface area contributed by atoms with Crippen LogP contribution in [0, 0.1) is 0 Å². The Morgan fingerprint density at radius 2 is 2.50 bits per heavy atom. The van der Waals surface area contributed by atoms with E-state index in [9.17, 15) is 4.39 Å². The van der Waals surface area contributed by atoms with Gasteiger partial charge in [0, 0.05) is 6.54 Å². The van der Waals surface area contributed by atoms with Gasteiger partial charge in [0.25, 0.3) is 0 Å². The molecule has 48 valence electrons. The van der Waals surface area contributed by atoms with E-state index in [1.54, 1.807) is 0 Å². The van der Waals surface area contributed by atoms with E-state index in [1.807, 2.05) is 12.2 Å². The predicted molar refractivity (Wildman–Crippen MR) is 34.2 cm³/mol. The van der Waals surface area contributed by atoms with Crippen LogP contribution in [0.1, 0.15) is 0 Å². The summed E-state index contributed by atoms with van der Waals surface area (Å²) in [5.74, 6) is 0. The molecule has 0 aliphatic carbocycles. The van der Waals surface area contributed by atoms with Crippen LogP contribution in [-0.2, 0) is 0 Å². The molecule has 0 amide bonds. The molecule has 1 heterocycles. The normalized spacial score (nSPS) is 25.4. The van der Waals surface area contributed by atoms with Crippen molar-refractivity contribution in [2.75, 3.05) is 13.2 Å². The molecule has 0 spiro atoms. The topological polar surface area (TPSA) is 12.0 Å². The SMILES string of the molecule is Cl.FCC1C=CCN1. The van der Waals surface area contributed by atoms with Crippen molar-refractivity contribution in [1.29, 1.82) is 0 Å². The summed E-state index contributed by atoms with van der Waals surface area (Å²) in [4.78, 5) is 0. The van der Waals surface area contributed by atoms with Gasteiger partial charge in [0.2, 0.25) is 0 Å². The zero-order valence-corrected chi connectivity index (χ0v) is 5.25. The van der Waals surface area contributed by atoms with Gasteiger partial charge >= 0.3 is 0 Å². The molecule has 1 nitrogen and oxygen atoms in total. The van der Waals surface area contributed by atoms with E-state index >= 15 is 0 Å². The molecule has 3 heteroatoms. The van der Waals surface area contributed by atoms with Crippen molar-refractivity contribution in [3.8, 4) is 0 Å². The Hall–Kier alpha value is -0.0800. The van der Waals surface area contributed by atoms with Gasteiger partial charge in [0.1, 0.15) is 6.67 Å². The van der Waals surface area contributed by atoms with E-state index in [2.05, 4.69) is 5.32 Å². The van der Waals surface area contributed by atoms with Gasteiger partial charge in [0.15, 0.2) is 0 Å². The first kappa shape index (κ1) is 7.92. The third kappa shape index (κ3) is 1.80. The van der Waals surface area contributed by atoms with Crippen molar-refractivity contribution in [2.24, 2.45) is 0 Å². The van der Waals surface area contributed by atoms with Gasteiger partial charge in [-0.3, -0.25) is 0 Å². The molecule has 0 radical (unpaired) electrons. The molecule has 1 aliphatic heterocycles. The first-order chi connectivity index (χ1) is 3.43. The molecule has 1 aliphatic rings. The van der Waals surface area contributed by atoms with Gasteiger partial charge < -0.3 is 5.32 Å². The lowest BCUT2D eigenvalue weighted by molar-refractivity contribution is 0.436. The van der Waals surface area contributed by atoms with Crippen molar-refractivity contribution < 1.29 is 4.39 Å². The fourth-order valence-electron chi connectivity index (χ4n) is 0.626. The van der Waals surface area contributed by atoms with Crippen LogP contribution in [0.4, 0.5) is 4.39 Å². The summed E-state index contributed by atoms with van der Waals surface area (Å²) in [5.41, 5.74) is 0. The largest absolute Gasteiger partial charge is 0.305 e. The molecule has 0 saturated heterocycles. The second-order valence-electron chi connectivity index (χ2n) is 1.60. The van der Waals surface area contributed by atoms with E-state index in [-0.39, 0.29) is 25.1 Å². The molecule has 1 rings (SSSR count). The molecule has 1 N–H and O–H groups in total. The number of hydrogen-bond acceptors (Lipinski definition) is 1. The highest BCUT2D eigenvalue weighted by Gasteiger charge is 2.04. The van der Waals surface area contributed by atoms with Gasteiger partial charge in [-0.1, -0.05) is 12.2 Å². The lowest BCUT2D eigenvalue weighted by Gasteiger charge is -1.98. The highest BCUT2D eigenvalue weighted by molar-refractivity contribution is 5.85. The summed E-state index contributed by atoms with van der Waals surface area (Å²) < 4.78 is 11.6. The number of alkyl halides is 1. The first-order valence-electron chi connectivity index (χ1n) is 2.39. The maximum Gasteiger partial charge on any atom is 0.108 e. The lowest BCUT2D eigenvalue weighted by atomic mass is 10.4. The van der Waals surface area contributed by atoms with Crippen LogP contribution in [0.3, 0.4) is 0 Å². The molecule has 0 aromatic heterocycles. The maximum absolute atomic E-state index is 11.6. The highest BCUT2D eigenvalue weighted by Crippen LogP contribution is 1.93. The van der Waals surface area contributed by atoms with Gasteiger partial charge in [-0.15, -0.1) is 12.4 Å². The Bertz CT molecular complexity index is 84.5. The monoisotopic (exact) mass is 137 g/mol. The molecule has 8 heavy (non-hydrogen) atoms. The standard InChI is InChI=1S/C5H8FN.ClH/c6-4-5-2-1-3-7-5;/h1-2,5,7H,3-4H2;1H. The fourth-order valence-corrected chi connectivity index (χ4v) is 0.626. The van der Waals surface area contributed by atoms with Crippen LogP contribution in [0.15, 0.2) is 12.2 Å². The maximum atomic E-state index is 11.6. The Balaban J connectivity index is 0.000000490. The highest BCUT2D eigenvalue weighted by atomic mass is 35.5. The Morgan fingerprint density at radius 1 is 1.75 bits per heavy atom. The second-order valence-corrected chi connectivity index (χ2v) is 1.60. The van der Waals surface area contributed by atoms with E-state index in [0.29, 0.717) is 0 Å². The summed E-state index contributed by atoms with van der Waals surface area (Å²) in [6.45, 7) is 0.547. The van der Waals surface area contributed by atoms with Gasteiger partial charge in [0.05, 0.1) is 6.04 Å². The van der Waals surface area contributed by atoms with Crippen molar-refractivity contribution in [2.45, 2.75) is 6.04 Å². The number of hydrogen-bond donors (Lipinski definition) is 1. The second kappa shape index (κ2) is 3.87. The summed E-state index contributed by atoms with van der Waals surface area (Å²) in [6, 6.07) is -0.000000000000000444. The number of rotatable bonds is 1. The number of nitrogens with one attached hydrogen (secondary N) is 1. The average Bonchev–Trinajstić information content (AvgIpc) is 2.14. The van der Waals surface area contributed by atoms with E-state index in [1.165, 1.54) is 0 Å².